The summed E-state index contributed by atoms with van der Waals surface area (Å²) >= 11 is 1.21. The summed E-state index contributed by atoms with van der Waals surface area (Å²) in [5.74, 6) is -0.899. The lowest BCUT2D eigenvalue weighted by Gasteiger charge is -2.04. The van der Waals surface area contributed by atoms with Gasteiger partial charge in [0.25, 0.3) is 5.91 Å². The number of phenolic OH excluding ortho intramolecular Hbond substituents is 1. The van der Waals surface area contributed by atoms with Crippen LogP contribution in [0.2, 0.25) is 0 Å². The molecule has 0 saturated carbocycles. The molecular weight excluding hydrogens is 331 g/mol. The van der Waals surface area contributed by atoms with Gasteiger partial charge in [0, 0.05) is 10.9 Å². The van der Waals surface area contributed by atoms with Gasteiger partial charge >= 0.3 is 0 Å². The molecule has 5 nitrogen and oxygen atoms in total. The Kier molecular flexibility index (Phi) is 4.43. The highest BCUT2D eigenvalue weighted by atomic mass is 32.1. The Hall–Kier alpha value is -2.93. The number of hydrogen-bond donors (Lipinski definition) is 2. The highest BCUT2D eigenvalue weighted by molar-refractivity contribution is 7.14. The molecule has 7 heteroatoms. The number of amides is 1. The van der Waals surface area contributed by atoms with E-state index in [4.69, 9.17) is 4.74 Å². The number of aromatic nitrogens is 1. The van der Waals surface area contributed by atoms with Crippen LogP contribution in [0.5, 0.6) is 11.5 Å². The van der Waals surface area contributed by atoms with Crippen molar-refractivity contribution in [1.82, 2.24) is 4.98 Å². The highest BCUT2D eigenvalue weighted by Crippen LogP contribution is 2.29. The molecule has 0 radical (unpaired) electrons. The lowest BCUT2D eigenvalue weighted by Crippen LogP contribution is -2.11. The molecule has 1 heterocycles. The molecule has 122 valence electrons. The predicted molar refractivity (Wildman–Crippen MR) is 90.1 cm³/mol. The van der Waals surface area contributed by atoms with E-state index in [1.165, 1.54) is 42.7 Å². The van der Waals surface area contributed by atoms with Gasteiger partial charge in [0.1, 0.15) is 5.75 Å². The predicted octanol–water partition coefficient (Wildman–Crippen LogP) is 3.92. The molecule has 2 aromatic carbocycles. The Labute approximate surface area is 141 Å². The molecule has 0 fully saturated rings. The number of ether oxygens (including phenoxy) is 1. The summed E-state index contributed by atoms with van der Waals surface area (Å²) < 4.78 is 18.7. The first kappa shape index (κ1) is 15.9. The number of carbonyl (C=O) groups excluding carboxylic acids is 1. The Morgan fingerprint density at radius 1 is 1.29 bits per heavy atom. The van der Waals surface area contributed by atoms with Crippen molar-refractivity contribution >= 4 is 22.4 Å². The van der Waals surface area contributed by atoms with Gasteiger partial charge < -0.3 is 9.84 Å². The van der Waals surface area contributed by atoms with Gasteiger partial charge in [-0.15, -0.1) is 11.3 Å². The Morgan fingerprint density at radius 3 is 2.79 bits per heavy atom. The number of halogens is 1. The summed E-state index contributed by atoms with van der Waals surface area (Å²) in [5, 5.41) is 14.4. The minimum Gasteiger partial charge on any atom is -0.507 e. The monoisotopic (exact) mass is 344 g/mol. The van der Waals surface area contributed by atoms with Crippen molar-refractivity contribution in [2.24, 2.45) is 0 Å². The van der Waals surface area contributed by atoms with Crippen molar-refractivity contribution in [3.63, 3.8) is 0 Å². The molecule has 0 spiro atoms. The van der Waals surface area contributed by atoms with Crippen molar-refractivity contribution in [1.29, 1.82) is 0 Å². The maximum Gasteiger partial charge on any atom is 0.261 e. The van der Waals surface area contributed by atoms with E-state index in [1.54, 1.807) is 23.6 Å². The zero-order valence-electron chi connectivity index (χ0n) is 12.6. The second kappa shape index (κ2) is 6.67. The molecule has 1 aromatic heterocycles. The first-order chi connectivity index (χ1) is 11.6. The zero-order valence-corrected chi connectivity index (χ0v) is 13.4. The van der Waals surface area contributed by atoms with Crippen LogP contribution in [0.25, 0.3) is 11.3 Å². The summed E-state index contributed by atoms with van der Waals surface area (Å²) in [6.07, 6.45) is 0. The minimum absolute atomic E-state index is 0.107. The number of nitrogens with one attached hydrogen (secondary N) is 1. The molecule has 2 N–H and O–H groups in total. The average molecular weight is 344 g/mol. The normalized spacial score (nSPS) is 10.4. The van der Waals surface area contributed by atoms with Crippen molar-refractivity contribution in [3.05, 3.63) is 59.2 Å². The summed E-state index contributed by atoms with van der Waals surface area (Å²) in [6, 6.07) is 10.8. The lowest BCUT2D eigenvalue weighted by atomic mass is 10.1. The van der Waals surface area contributed by atoms with Crippen LogP contribution in [0, 0.1) is 5.82 Å². The quantitative estimate of drug-likeness (QED) is 0.753. The first-order valence-corrected chi connectivity index (χ1v) is 7.85. The third kappa shape index (κ3) is 3.21. The van der Waals surface area contributed by atoms with Crippen LogP contribution in [0.1, 0.15) is 10.4 Å². The fourth-order valence-corrected chi connectivity index (χ4v) is 2.83. The Bertz CT molecular complexity index is 895. The van der Waals surface area contributed by atoms with Crippen LogP contribution >= 0.6 is 11.3 Å². The average Bonchev–Trinajstić information content (AvgIpc) is 3.03. The second-order valence-corrected chi connectivity index (χ2v) is 5.72. The number of anilines is 1. The molecule has 24 heavy (non-hydrogen) atoms. The number of rotatable bonds is 4. The molecule has 0 aliphatic rings. The molecular formula is C17H13FN2O3S. The number of carbonyl (C=O) groups is 1. The van der Waals surface area contributed by atoms with Crippen LogP contribution in [-0.4, -0.2) is 23.1 Å². The summed E-state index contributed by atoms with van der Waals surface area (Å²) in [6.45, 7) is 0. The van der Waals surface area contributed by atoms with Gasteiger partial charge in [-0.1, -0.05) is 12.1 Å². The number of aromatic hydroxyl groups is 1. The van der Waals surface area contributed by atoms with Crippen LogP contribution in [0.4, 0.5) is 9.52 Å². The Balaban J connectivity index is 1.80. The minimum atomic E-state index is -0.484. The third-order valence-corrected chi connectivity index (χ3v) is 4.08. The van der Waals surface area contributed by atoms with E-state index in [-0.39, 0.29) is 17.1 Å². The van der Waals surface area contributed by atoms with E-state index in [0.29, 0.717) is 16.4 Å². The zero-order chi connectivity index (χ0) is 17.1. The van der Waals surface area contributed by atoms with Crippen molar-refractivity contribution in [2.75, 3.05) is 12.4 Å². The summed E-state index contributed by atoms with van der Waals surface area (Å²) in [5.41, 5.74) is 1.27. The van der Waals surface area contributed by atoms with Crippen LogP contribution in [0.3, 0.4) is 0 Å². The number of hydrogen-bond acceptors (Lipinski definition) is 5. The second-order valence-electron chi connectivity index (χ2n) is 4.86. The number of nitrogens with zero attached hydrogens (tertiary/aromatic N) is 1. The smallest absolute Gasteiger partial charge is 0.261 e. The van der Waals surface area contributed by atoms with Crippen LogP contribution < -0.4 is 10.1 Å². The molecule has 3 rings (SSSR count). The number of benzene rings is 2. The van der Waals surface area contributed by atoms with E-state index in [2.05, 4.69) is 10.3 Å². The van der Waals surface area contributed by atoms with Crippen molar-refractivity contribution < 1.29 is 19.0 Å². The van der Waals surface area contributed by atoms with Gasteiger partial charge in [-0.3, -0.25) is 10.1 Å². The largest absolute Gasteiger partial charge is 0.507 e. The number of methoxy groups -OCH3 is 1. The fourth-order valence-electron chi connectivity index (χ4n) is 2.12. The van der Waals surface area contributed by atoms with Crippen LogP contribution in [0.15, 0.2) is 47.8 Å². The van der Waals surface area contributed by atoms with Gasteiger partial charge in [-0.25, -0.2) is 9.37 Å². The molecule has 0 saturated heterocycles. The lowest BCUT2D eigenvalue weighted by molar-refractivity contribution is 0.102. The standard InChI is InChI=1S/C17H13FN2O3S/c1-23-15-7-6-10(8-12(15)18)13-9-24-17(19-13)20-16(22)11-4-2-3-5-14(11)21/h2-9,21H,1H3,(H,19,20,22). The fraction of sp³-hybridized carbons (Fsp3) is 0.0588. The maximum atomic E-state index is 13.8. The van der Waals surface area contributed by atoms with Crippen LogP contribution in [-0.2, 0) is 0 Å². The van der Waals surface area contributed by atoms with E-state index in [1.807, 2.05) is 0 Å². The third-order valence-electron chi connectivity index (χ3n) is 3.32. The molecule has 0 unspecified atom stereocenters. The molecule has 0 aliphatic heterocycles. The van der Waals surface area contributed by atoms with E-state index < -0.39 is 11.7 Å². The van der Waals surface area contributed by atoms with Gasteiger partial charge in [-0.2, -0.15) is 0 Å². The molecule has 0 bridgehead atoms. The SMILES string of the molecule is COc1ccc(-c2csc(NC(=O)c3ccccc3O)n2)cc1F. The number of phenols is 1. The van der Waals surface area contributed by atoms with E-state index >= 15 is 0 Å². The van der Waals surface area contributed by atoms with Crippen molar-refractivity contribution in [2.45, 2.75) is 0 Å². The van der Waals surface area contributed by atoms with Gasteiger partial charge in [0.05, 0.1) is 18.4 Å². The summed E-state index contributed by atoms with van der Waals surface area (Å²) in [4.78, 5) is 16.4. The maximum absolute atomic E-state index is 13.8. The highest BCUT2D eigenvalue weighted by Gasteiger charge is 2.13. The van der Waals surface area contributed by atoms with Gasteiger partial charge in [0.15, 0.2) is 16.7 Å². The van der Waals surface area contributed by atoms with Gasteiger partial charge in [0.2, 0.25) is 0 Å². The Morgan fingerprint density at radius 2 is 2.08 bits per heavy atom. The first-order valence-electron chi connectivity index (χ1n) is 6.97. The molecule has 1 amide bonds. The van der Waals surface area contributed by atoms with Gasteiger partial charge in [-0.05, 0) is 30.3 Å². The van der Waals surface area contributed by atoms with Crippen molar-refractivity contribution in [3.8, 4) is 22.8 Å². The molecule has 0 atom stereocenters. The molecule has 0 aliphatic carbocycles. The number of thiazole rings is 1. The topological polar surface area (TPSA) is 71.5 Å². The summed E-state index contributed by atoms with van der Waals surface area (Å²) in [7, 11) is 1.40. The van der Waals surface area contributed by atoms with E-state index in [0.717, 1.165) is 0 Å². The van der Waals surface area contributed by atoms with E-state index in [9.17, 15) is 14.3 Å². The molecule has 3 aromatic rings. The number of para-hydroxylation sites is 1.